The highest BCUT2D eigenvalue weighted by Gasteiger charge is 2.09. The van der Waals surface area contributed by atoms with Crippen molar-refractivity contribution >= 4 is 11.6 Å². The van der Waals surface area contributed by atoms with Crippen LogP contribution >= 0.6 is 11.6 Å². The van der Waals surface area contributed by atoms with E-state index in [9.17, 15) is 0 Å². The molecule has 0 saturated heterocycles. The van der Waals surface area contributed by atoms with Gasteiger partial charge in [0.15, 0.2) is 0 Å². The minimum Gasteiger partial charge on any atom is -0.497 e. The van der Waals surface area contributed by atoms with Gasteiger partial charge in [-0.05, 0) is 24.6 Å². The maximum absolute atomic E-state index is 5.96. The van der Waals surface area contributed by atoms with Gasteiger partial charge in [0.2, 0.25) is 0 Å². The van der Waals surface area contributed by atoms with Gasteiger partial charge >= 0.3 is 0 Å². The van der Waals surface area contributed by atoms with Crippen LogP contribution in [0.3, 0.4) is 0 Å². The van der Waals surface area contributed by atoms with Crippen LogP contribution in [0.5, 0.6) is 5.75 Å². The number of nitrogens with zero attached hydrogens (tertiary/aromatic N) is 2. The molecule has 1 aromatic carbocycles. The molecule has 19 heavy (non-hydrogen) atoms. The quantitative estimate of drug-likeness (QED) is 0.915. The molecule has 102 valence electrons. The van der Waals surface area contributed by atoms with Crippen molar-refractivity contribution in [2.45, 2.75) is 19.5 Å². The zero-order chi connectivity index (χ0) is 13.8. The fourth-order valence-electron chi connectivity index (χ4n) is 1.86. The fourth-order valence-corrected chi connectivity index (χ4v) is 2.01. The van der Waals surface area contributed by atoms with E-state index in [1.807, 2.05) is 29.8 Å². The van der Waals surface area contributed by atoms with Crippen LogP contribution in [0, 0.1) is 0 Å². The molecule has 0 spiro atoms. The number of hydrogen-bond donors (Lipinski definition) is 1. The molecule has 5 heteroatoms. The second kappa shape index (κ2) is 6.08. The number of rotatable bonds is 5. The molecule has 1 heterocycles. The van der Waals surface area contributed by atoms with Crippen LogP contribution in [0.2, 0.25) is 5.15 Å². The number of benzene rings is 1. The van der Waals surface area contributed by atoms with Crippen molar-refractivity contribution in [3.05, 3.63) is 47.0 Å². The first-order chi connectivity index (χ1) is 9.11. The Morgan fingerprint density at radius 3 is 2.89 bits per heavy atom. The maximum Gasteiger partial charge on any atom is 0.128 e. The summed E-state index contributed by atoms with van der Waals surface area (Å²) < 4.78 is 7.10. The van der Waals surface area contributed by atoms with E-state index in [0.29, 0.717) is 11.7 Å². The van der Waals surface area contributed by atoms with Crippen molar-refractivity contribution in [2.24, 2.45) is 7.05 Å². The number of ether oxygens (including phenoxy) is 1. The summed E-state index contributed by atoms with van der Waals surface area (Å²) in [5, 5.41) is 4.07. The smallest absolute Gasteiger partial charge is 0.128 e. The first kappa shape index (κ1) is 13.9. The first-order valence-corrected chi connectivity index (χ1v) is 6.53. The molecular weight excluding hydrogens is 262 g/mol. The third-order valence-electron chi connectivity index (χ3n) is 3.19. The average Bonchev–Trinajstić information content (AvgIpc) is 2.76. The predicted molar refractivity (Wildman–Crippen MR) is 76.5 cm³/mol. The van der Waals surface area contributed by atoms with Gasteiger partial charge in [0, 0.05) is 13.1 Å². The van der Waals surface area contributed by atoms with Crippen molar-refractivity contribution in [3.63, 3.8) is 0 Å². The van der Waals surface area contributed by atoms with Crippen molar-refractivity contribution < 1.29 is 4.74 Å². The normalized spacial score (nSPS) is 12.4. The van der Waals surface area contributed by atoms with E-state index in [1.165, 1.54) is 5.56 Å². The van der Waals surface area contributed by atoms with Gasteiger partial charge in [-0.1, -0.05) is 23.7 Å². The minimum absolute atomic E-state index is 0.213. The Hall–Kier alpha value is -1.52. The van der Waals surface area contributed by atoms with E-state index >= 15 is 0 Å². The van der Waals surface area contributed by atoms with Gasteiger partial charge in [0.05, 0.1) is 19.9 Å². The molecule has 0 aliphatic rings. The predicted octanol–water partition coefficient (Wildman–Crippen LogP) is 2.93. The summed E-state index contributed by atoms with van der Waals surface area (Å²) in [7, 11) is 3.58. The topological polar surface area (TPSA) is 39.1 Å². The molecule has 0 saturated carbocycles. The lowest BCUT2D eigenvalue weighted by Crippen LogP contribution is -2.20. The van der Waals surface area contributed by atoms with E-state index in [-0.39, 0.29) is 6.04 Å². The highest BCUT2D eigenvalue weighted by atomic mass is 35.5. The standard InChI is InChI=1S/C14H18ClN3O/c1-10(11-5-4-6-12(7-11)19-3)16-9-14-17-8-13(15)18(14)2/h4-8,10,16H,9H2,1-3H3/t10-/m1/s1. The largest absolute Gasteiger partial charge is 0.497 e. The SMILES string of the molecule is COc1cccc([C@@H](C)NCc2ncc(Cl)n2C)c1. The van der Waals surface area contributed by atoms with Crippen LogP contribution in [-0.2, 0) is 13.6 Å². The van der Waals surface area contributed by atoms with Gasteiger partial charge in [0.1, 0.15) is 16.7 Å². The number of imidazole rings is 1. The van der Waals surface area contributed by atoms with Gasteiger partial charge in [0.25, 0.3) is 0 Å². The lowest BCUT2D eigenvalue weighted by Gasteiger charge is -2.15. The van der Waals surface area contributed by atoms with Gasteiger partial charge in [-0.15, -0.1) is 0 Å². The lowest BCUT2D eigenvalue weighted by molar-refractivity contribution is 0.413. The van der Waals surface area contributed by atoms with Gasteiger partial charge < -0.3 is 14.6 Å². The van der Waals surface area contributed by atoms with Crippen LogP contribution in [-0.4, -0.2) is 16.7 Å². The molecule has 0 unspecified atom stereocenters. The Morgan fingerprint density at radius 2 is 2.26 bits per heavy atom. The highest BCUT2D eigenvalue weighted by molar-refractivity contribution is 6.29. The van der Waals surface area contributed by atoms with Gasteiger partial charge in [-0.25, -0.2) is 4.98 Å². The number of hydrogen-bond acceptors (Lipinski definition) is 3. The molecule has 1 aromatic heterocycles. The summed E-state index contributed by atoms with van der Waals surface area (Å²) in [5.41, 5.74) is 1.18. The average molecular weight is 280 g/mol. The lowest BCUT2D eigenvalue weighted by atomic mass is 10.1. The summed E-state index contributed by atoms with van der Waals surface area (Å²) >= 11 is 5.96. The van der Waals surface area contributed by atoms with Crippen LogP contribution in [0.15, 0.2) is 30.5 Å². The molecule has 0 aliphatic carbocycles. The van der Waals surface area contributed by atoms with Crippen LogP contribution < -0.4 is 10.1 Å². The zero-order valence-electron chi connectivity index (χ0n) is 11.4. The Balaban J connectivity index is 2.01. The Kier molecular flexibility index (Phi) is 4.45. The van der Waals surface area contributed by atoms with Gasteiger partial charge in [-0.3, -0.25) is 0 Å². The second-order valence-corrected chi connectivity index (χ2v) is 4.82. The molecule has 0 radical (unpaired) electrons. The summed E-state index contributed by atoms with van der Waals surface area (Å²) in [6.07, 6.45) is 1.66. The molecule has 2 rings (SSSR count). The van der Waals surface area contributed by atoms with Crippen LogP contribution in [0.25, 0.3) is 0 Å². The number of aromatic nitrogens is 2. The molecule has 2 aromatic rings. The van der Waals surface area contributed by atoms with Crippen LogP contribution in [0.4, 0.5) is 0 Å². The van der Waals surface area contributed by atoms with Crippen LogP contribution in [0.1, 0.15) is 24.4 Å². The monoisotopic (exact) mass is 279 g/mol. The molecule has 0 aliphatic heterocycles. The molecule has 1 atom stereocenters. The number of halogens is 1. The maximum atomic E-state index is 5.96. The molecule has 4 nitrogen and oxygen atoms in total. The Morgan fingerprint density at radius 1 is 1.47 bits per heavy atom. The van der Waals surface area contributed by atoms with E-state index in [2.05, 4.69) is 23.3 Å². The van der Waals surface area contributed by atoms with Crippen molar-refractivity contribution in [1.29, 1.82) is 0 Å². The van der Waals surface area contributed by atoms with Crippen molar-refractivity contribution in [3.8, 4) is 5.75 Å². The van der Waals surface area contributed by atoms with E-state index in [0.717, 1.165) is 11.6 Å². The van der Waals surface area contributed by atoms with E-state index in [4.69, 9.17) is 16.3 Å². The zero-order valence-corrected chi connectivity index (χ0v) is 12.1. The highest BCUT2D eigenvalue weighted by Crippen LogP contribution is 2.19. The minimum atomic E-state index is 0.213. The molecule has 0 fully saturated rings. The molecule has 1 N–H and O–H groups in total. The first-order valence-electron chi connectivity index (χ1n) is 6.15. The Bertz CT molecular complexity index is 553. The third-order valence-corrected chi connectivity index (χ3v) is 3.54. The molecule has 0 bridgehead atoms. The summed E-state index contributed by atoms with van der Waals surface area (Å²) in [5.74, 6) is 1.78. The van der Waals surface area contributed by atoms with E-state index in [1.54, 1.807) is 13.3 Å². The third kappa shape index (κ3) is 3.28. The van der Waals surface area contributed by atoms with Gasteiger partial charge in [-0.2, -0.15) is 0 Å². The fraction of sp³-hybridized carbons (Fsp3) is 0.357. The molecular formula is C14H18ClN3O. The summed E-state index contributed by atoms with van der Waals surface area (Å²) in [6.45, 7) is 2.78. The number of methoxy groups -OCH3 is 1. The Labute approximate surface area is 118 Å². The summed E-state index contributed by atoms with van der Waals surface area (Å²) in [6, 6.07) is 8.25. The van der Waals surface area contributed by atoms with Crippen molar-refractivity contribution in [2.75, 3.05) is 7.11 Å². The summed E-state index contributed by atoms with van der Waals surface area (Å²) in [4.78, 5) is 4.26. The molecule has 0 amide bonds. The second-order valence-electron chi connectivity index (χ2n) is 4.44. The van der Waals surface area contributed by atoms with E-state index < -0.39 is 0 Å². The van der Waals surface area contributed by atoms with Crippen molar-refractivity contribution in [1.82, 2.24) is 14.9 Å². The number of nitrogens with one attached hydrogen (secondary N) is 1.